The molecule has 0 spiro atoms. The Bertz CT molecular complexity index is 693. The number of hydrogen-bond acceptors (Lipinski definition) is 7. The van der Waals surface area contributed by atoms with E-state index < -0.39 is 24.0 Å². The van der Waals surface area contributed by atoms with Gasteiger partial charge in [0, 0.05) is 24.4 Å². The van der Waals surface area contributed by atoms with Crippen molar-refractivity contribution in [3.63, 3.8) is 0 Å². The Morgan fingerprint density at radius 3 is 2.17 bits per heavy atom. The fourth-order valence-corrected chi connectivity index (χ4v) is 4.12. The lowest BCUT2D eigenvalue weighted by Gasteiger charge is -2.28. The number of aliphatic carboxylic acids is 2. The zero-order valence-corrected chi connectivity index (χ0v) is 12.8. The second kappa shape index (κ2) is 5.91. The molecule has 0 amide bonds. The van der Waals surface area contributed by atoms with Crippen LogP contribution in [-0.2, 0) is 29.1 Å². The molecule has 2 atom stereocenters. The number of carbonyl (C=O) groups is 2. The number of phenolic OH excluding ortho intramolecular Hbond substituents is 2. The molecule has 8 nitrogen and oxygen atoms in total. The molecule has 0 unspecified atom stereocenters. The van der Waals surface area contributed by atoms with E-state index in [4.69, 9.17) is 5.11 Å². The van der Waals surface area contributed by atoms with Gasteiger partial charge in [-0.15, -0.1) is 11.8 Å². The van der Waals surface area contributed by atoms with E-state index >= 15 is 0 Å². The SMILES string of the molecule is O=C(O)[C@@H]1CSc2c(O)c(O)c3c(c2CN1)C[C@@H](C(=O)O)NC3. The molecule has 0 aromatic heterocycles. The number of fused-ring (bicyclic) bond motifs is 3. The first kappa shape index (κ1) is 15.9. The minimum atomic E-state index is -0.993. The molecule has 9 heteroatoms. The lowest BCUT2D eigenvalue weighted by Crippen LogP contribution is -2.42. The molecule has 6 N–H and O–H groups in total. The quantitative estimate of drug-likeness (QED) is 0.405. The van der Waals surface area contributed by atoms with Crippen molar-refractivity contribution in [2.75, 3.05) is 5.75 Å². The van der Waals surface area contributed by atoms with Gasteiger partial charge in [-0.1, -0.05) is 0 Å². The molecule has 0 fully saturated rings. The van der Waals surface area contributed by atoms with Crippen molar-refractivity contribution < 1.29 is 30.0 Å². The zero-order valence-electron chi connectivity index (χ0n) is 12.0. The van der Waals surface area contributed by atoms with Crippen molar-refractivity contribution in [3.8, 4) is 11.5 Å². The van der Waals surface area contributed by atoms with E-state index in [2.05, 4.69) is 10.6 Å². The van der Waals surface area contributed by atoms with Crippen molar-refractivity contribution in [2.45, 2.75) is 36.5 Å². The third kappa shape index (κ3) is 2.71. The number of carboxylic acid groups (broad SMARTS) is 2. The molecule has 124 valence electrons. The molecule has 2 aliphatic rings. The molecular formula is C14H16N2O6S. The van der Waals surface area contributed by atoms with Crippen LogP contribution in [0.3, 0.4) is 0 Å². The van der Waals surface area contributed by atoms with E-state index in [1.807, 2.05) is 0 Å². The highest BCUT2D eigenvalue weighted by Crippen LogP contribution is 2.46. The second-order valence-corrected chi connectivity index (χ2v) is 6.55. The number of aromatic hydroxyl groups is 2. The summed E-state index contributed by atoms with van der Waals surface area (Å²) in [6.07, 6.45) is 0.167. The van der Waals surface area contributed by atoms with Crippen LogP contribution < -0.4 is 10.6 Å². The molecule has 0 radical (unpaired) electrons. The van der Waals surface area contributed by atoms with Crippen LogP contribution in [0.2, 0.25) is 0 Å². The minimum absolute atomic E-state index is 0.131. The van der Waals surface area contributed by atoms with Gasteiger partial charge in [0.05, 0.1) is 4.90 Å². The summed E-state index contributed by atoms with van der Waals surface area (Å²) in [6, 6.07) is -1.55. The summed E-state index contributed by atoms with van der Waals surface area (Å²) < 4.78 is 0. The molecule has 3 rings (SSSR count). The molecule has 0 saturated heterocycles. The normalized spacial score (nSPS) is 23.5. The number of rotatable bonds is 2. The van der Waals surface area contributed by atoms with Gasteiger partial charge in [0.15, 0.2) is 11.5 Å². The van der Waals surface area contributed by atoms with Crippen molar-refractivity contribution in [1.82, 2.24) is 10.6 Å². The van der Waals surface area contributed by atoms with Gasteiger partial charge in [0.25, 0.3) is 0 Å². The summed E-state index contributed by atoms with van der Waals surface area (Å²) in [5.74, 6) is -2.32. The summed E-state index contributed by atoms with van der Waals surface area (Å²) in [7, 11) is 0. The van der Waals surface area contributed by atoms with Gasteiger partial charge in [-0.05, 0) is 17.5 Å². The van der Waals surface area contributed by atoms with Crippen LogP contribution in [0.1, 0.15) is 16.7 Å². The second-order valence-electron chi connectivity index (χ2n) is 5.52. The highest BCUT2D eigenvalue weighted by Gasteiger charge is 2.33. The van der Waals surface area contributed by atoms with Gasteiger partial charge >= 0.3 is 11.9 Å². The van der Waals surface area contributed by atoms with Crippen LogP contribution in [0.5, 0.6) is 11.5 Å². The molecule has 0 aliphatic carbocycles. The third-order valence-electron chi connectivity index (χ3n) is 4.18. The zero-order chi connectivity index (χ0) is 16.7. The Morgan fingerprint density at radius 2 is 1.52 bits per heavy atom. The van der Waals surface area contributed by atoms with Gasteiger partial charge < -0.3 is 20.4 Å². The monoisotopic (exact) mass is 340 g/mol. The third-order valence-corrected chi connectivity index (χ3v) is 5.41. The number of benzene rings is 1. The minimum Gasteiger partial charge on any atom is -0.504 e. The summed E-state index contributed by atoms with van der Waals surface area (Å²) in [6.45, 7) is 0.327. The Labute approximate surface area is 135 Å². The molecule has 1 aromatic carbocycles. The number of nitrogens with one attached hydrogen (secondary N) is 2. The number of thioether (sulfide) groups is 1. The van der Waals surface area contributed by atoms with E-state index in [9.17, 15) is 24.9 Å². The Morgan fingerprint density at radius 1 is 0.913 bits per heavy atom. The van der Waals surface area contributed by atoms with Gasteiger partial charge in [0.2, 0.25) is 0 Å². The maximum atomic E-state index is 11.2. The van der Waals surface area contributed by atoms with E-state index in [0.717, 1.165) is 11.8 Å². The fraction of sp³-hybridized carbons (Fsp3) is 0.429. The molecule has 2 heterocycles. The largest absolute Gasteiger partial charge is 0.504 e. The first-order chi connectivity index (χ1) is 10.9. The molecule has 0 bridgehead atoms. The molecule has 1 aromatic rings. The standard InChI is InChI=1S/C14H16N2O6S/c17-10-6-2-15-8(13(19)20)1-5(6)7-3-16-9(14(21)22)4-23-12(7)11(10)18/h8-9,15-18H,1-4H2,(H,19,20)(H,21,22)/t8-,9-/m0/s1. The maximum Gasteiger partial charge on any atom is 0.321 e. The first-order valence-electron chi connectivity index (χ1n) is 7.03. The average Bonchev–Trinajstić information content (AvgIpc) is 2.75. The average molecular weight is 340 g/mol. The van der Waals surface area contributed by atoms with E-state index in [-0.39, 0.29) is 36.8 Å². The summed E-state index contributed by atoms with van der Waals surface area (Å²) in [5.41, 5.74) is 1.79. The first-order valence-corrected chi connectivity index (χ1v) is 8.02. The van der Waals surface area contributed by atoms with Crippen LogP contribution in [0.15, 0.2) is 4.90 Å². The van der Waals surface area contributed by atoms with Gasteiger partial charge in [-0.25, -0.2) is 0 Å². The number of phenols is 2. The molecule has 23 heavy (non-hydrogen) atoms. The predicted molar refractivity (Wildman–Crippen MR) is 80.7 cm³/mol. The summed E-state index contributed by atoms with van der Waals surface area (Å²) in [5, 5.41) is 44.5. The maximum absolute atomic E-state index is 11.2. The van der Waals surface area contributed by atoms with Gasteiger partial charge in [-0.3, -0.25) is 20.2 Å². The summed E-state index contributed by atoms with van der Waals surface area (Å²) in [4.78, 5) is 22.8. The Kier molecular flexibility index (Phi) is 4.09. The van der Waals surface area contributed by atoms with Crippen molar-refractivity contribution in [1.29, 1.82) is 0 Å². The Hall–Kier alpha value is -1.97. The number of carboxylic acids is 2. The van der Waals surface area contributed by atoms with Crippen molar-refractivity contribution >= 4 is 23.7 Å². The summed E-state index contributed by atoms with van der Waals surface area (Å²) >= 11 is 1.15. The van der Waals surface area contributed by atoms with Crippen LogP contribution in [0.25, 0.3) is 0 Å². The number of hydrogen-bond donors (Lipinski definition) is 6. The fourth-order valence-electron chi connectivity index (χ4n) is 2.92. The van der Waals surface area contributed by atoms with E-state index in [0.29, 0.717) is 21.6 Å². The van der Waals surface area contributed by atoms with Gasteiger partial charge in [0.1, 0.15) is 12.1 Å². The van der Waals surface area contributed by atoms with Crippen LogP contribution in [-0.4, -0.2) is 50.2 Å². The predicted octanol–water partition coefficient (Wildman–Crippen LogP) is -0.155. The van der Waals surface area contributed by atoms with Crippen molar-refractivity contribution in [3.05, 3.63) is 16.7 Å². The smallest absolute Gasteiger partial charge is 0.321 e. The lowest BCUT2D eigenvalue weighted by atomic mass is 9.90. The van der Waals surface area contributed by atoms with Crippen LogP contribution >= 0.6 is 11.8 Å². The molecule has 0 saturated carbocycles. The molecular weight excluding hydrogens is 324 g/mol. The Balaban J connectivity index is 2.06. The highest BCUT2D eigenvalue weighted by atomic mass is 32.2. The van der Waals surface area contributed by atoms with E-state index in [1.54, 1.807) is 0 Å². The van der Waals surface area contributed by atoms with Crippen LogP contribution in [0, 0.1) is 0 Å². The van der Waals surface area contributed by atoms with Crippen LogP contribution in [0.4, 0.5) is 0 Å². The topological polar surface area (TPSA) is 139 Å². The van der Waals surface area contributed by atoms with Crippen molar-refractivity contribution in [2.24, 2.45) is 0 Å². The molecule has 2 aliphatic heterocycles. The lowest BCUT2D eigenvalue weighted by molar-refractivity contribution is -0.140. The van der Waals surface area contributed by atoms with Gasteiger partial charge in [-0.2, -0.15) is 0 Å². The highest BCUT2D eigenvalue weighted by molar-refractivity contribution is 7.99. The van der Waals surface area contributed by atoms with E-state index in [1.165, 1.54) is 0 Å².